The van der Waals surface area contributed by atoms with Gasteiger partial charge in [-0.05, 0) is 39.3 Å². The van der Waals surface area contributed by atoms with Gasteiger partial charge in [0.1, 0.15) is 11.3 Å². The minimum Gasteiger partial charge on any atom is -0.444 e. The Kier molecular flexibility index (Phi) is 4.63. The molecule has 1 aromatic carbocycles. The van der Waals surface area contributed by atoms with Crippen molar-refractivity contribution in [2.75, 3.05) is 23.7 Å². The minimum absolute atomic E-state index is 0.0266. The number of hydrogen-bond acceptors (Lipinski definition) is 6. The van der Waals surface area contributed by atoms with Crippen LogP contribution in [0.15, 0.2) is 18.2 Å². The maximum atomic E-state index is 11.8. The number of nitrogens with zero attached hydrogens (tertiary/aromatic N) is 2. The molecule has 0 saturated carbocycles. The third-order valence-corrected chi connectivity index (χ3v) is 3.48. The summed E-state index contributed by atoms with van der Waals surface area (Å²) in [5, 5.41) is 13.6. The molecule has 1 aromatic rings. The third-order valence-electron chi connectivity index (χ3n) is 3.48. The molecule has 1 saturated heterocycles. The number of nitro groups is 1. The van der Waals surface area contributed by atoms with Crippen LogP contribution in [0.1, 0.15) is 27.2 Å². The van der Waals surface area contributed by atoms with Crippen molar-refractivity contribution in [3.63, 3.8) is 0 Å². The Morgan fingerprint density at radius 2 is 2.17 bits per heavy atom. The van der Waals surface area contributed by atoms with Crippen molar-refractivity contribution in [3.8, 4) is 0 Å². The van der Waals surface area contributed by atoms with Crippen molar-refractivity contribution in [3.05, 3.63) is 28.3 Å². The summed E-state index contributed by atoms with van der Waals surface area (Å²) < 4.78 is 5.24. The molecular formula is C15H22N4O4. The van der Waals surface area contributed by atoms with E-state index in [0.717, 1.165) is 18.7 Å². The van der Waals surface area contributed by atoms with E-state index >= 15 is 0 Å². The Balaban J connectivity index is 1.96. The summed E-state index contributed by atoms with van der Waals surface area (Å²) in [7, 11) is 0. The van der Waals surface area contributed by atoms with E-state index < -0.39 is 16.6 Å². The summed E-state index contributed by atoms with van der Waals surface area (Å²) in [4.78, 5) is 24.1. The highest BCUT2D eigenvalue weighted by Gasteiger charge is 2.27. The van der Waals surface area contributed by atoms with Gasteiger partial charge in [-0.1, -0.05) is 0 Å². The number of ether oxygens (including phenoxy) is 1. The molecule has 3 N–H and O–H groups in total. The molecule has 126 valence electrons. The van der Waals surface area contributed by atoms with Crippen molar-refractivity contribution in [2.45, 2.75) is 38.8 Å². The monoisotopic (exact) mass is 322 g/mol. The fraction of sp³-hybridized carbons (Fsp3) is 0.533. The van der Waals surface area contributed by atoms with Crippen molar-refractivity contribution in [2.24, 2.45) is 0 Å². The molecule has 0 radical (unpaired) electrons. The van der Waals surface area contributed by atoms with Gasteiger partial charge in [0, 0.05) is 24.8 Å². The Morgan fingerprint density at radius 3 is 2.74 bits per heavy atom. The number of amides is 1. The average molecular weight is 322 g/mol. The van der Waals surface area contributed by atoms with Gasteiger partial charge in [0.25, 0.3) is 5.69 Å². The van der Waals surface area contributed by atoms with Crippen molar-refractivity contribution in [1.29, 1.82) is 0 Å². The van der Waals surface area contributed by atoms with Gasteiger partial charge in [0.2, 0.25) is 0 Å². The van der Waals surface area contributed by atoms with E-state index in [1.165, 1.54) is 6.07 Å². The lowest BCUT2D eigenvalue weighted by atomic mass is 10.2. The Morgan fingerprint density at radius 1 is 1.48 bits per heavy atom. The fourth-order valence-electron chi connectivity index (χ4n) is 2.49. The summed E-state index contributed by atoms with van der Waals surface area (Å²) in [6, 6.07) is 4.64. The first-order valence-electron chi connectivity index (χ1n) is 7.44. The number of nitro benzene ring substituents is 1. The summed E-state index contributed by atoms with van der Waals surface area (Å²) in [5.41, 5.74) is 6.03. The lowest BCUT2D eigenvalue weighted by Crippen LogP contribution is -2.40. The van der Waals surface area contributed by atoms with Crippen molar-refractivity contribution >= 4 is 23.2 Å². The largest absolute Gasteiger partial charge is 0.444 e. The van der Waals surface area contributed by atoms with E-state index in [-0.39, 0.29) is 17.4 Å². The van der Waals surface area contributed by atoms with Crippen LogP contribution in [0.4, 0.5) is 21.9 Å². The average Bonchev–Trinajstić information content (AvgIpc) is 2.84. The van der Waals surface area contributed by atoms with E-state index in [0.29, 0.717) is 6.54 Å². The number of carbonyl (C=O) groups excluding carboxylic acids is 1. The summed E-state index contributed by atoms with van der Waals surface area (Å²) in [6.45, 7) is 6.78. The second kappa shape index (κ2) is 6.31. The van der Waals surface area contributed by atoms with Gasteiger partial charge >= 0.3 is 6.09 Å². The zero-order valence-corrected chi connectivity index (χ0v) is 13.5. The van der Waals surface area contributed by atoms with E-state index in [1.807, 2.05) is 25.7 Å². The quantitative estimate of drug-likeness (QED) is 0.502. The number of benzene rings is 1. The molecule has 8 heteroatoms. The van der Waals surface area contributed by atoms with Crippen LogP contribution < -0.4 is 16.0 Å². The van der Waals surface area contributed by atoms with Gasteiger partial charge in [-0.25, -0.2) is 4.79 Å². The zero-order valence-electron chi connectivity index (χ0n) is 13.5. The number of nitrogens with two attached hydrogens (primary N) is 1. The maximum Gasteiger partial charge on any atom is 0.407 e. The maximum absolute atomic E-state index is 11.8. The normalized spacial score (nSPS) is 17.9. The minimum atomic E-state index is -0.533. The van der Waals surface area contributed by atoms with Crippen LogP contribution in [0, 0.1) is 10.1 Å². The van der Waals surface area contributed by atoms with Gasteiger partial charge < -0.3 is 20.7 Å². The van der Waals surface area contributed by atoms with Crippen LogP contribution in [-0.2, 0) is 4.74 Å². The molecular weight excluding hydrogens is 300 g/mol. The van der Waals surface area contributed by atoms with Crippen LogP contribution in [-0.4, -0.2) is 35.7 Å². The molecule has 23 heavy (non-hydrogen) atoms. The standard InChI is InChI=1S/C15H22N4O4/c1-15(2,3)23-14(20)17-10-6-7-18(9-10)11-4-5-13(19(21)22)12(16)8-11/h4-5,8,10H,6-7,9,16H2,1-3H3,(H,17,20). The molecule has 1 aliphatic heterocycles. The van der Waals surface area contributed by atoms with Gasteiger partial charge in [0.15, 0.2) is 0 Å². The first-order valence-corrected chi connectivity index (χ1v) is 7.44. The predicted octanol–water partition coefficient (Wildman–Crippen LogP) is 2.28. The molecule has 0 bridgehead atoms. The van der Waals surface area contributed by atoms with Crippen LogP contribution in [0.3, 0.4) is 0 Å². The summed E-state index contributed by atoms with van der Waals surface area (Å²) in [6.07, 6.45) is 0.337. The first kappa shape index (κ1) is 16.9. The summed E-state index contributed by atoms with van der Waals surface area (Å²) >= 11 is 0. The molecule has 1 atom stereocenters. The van der Waals surface area contributed by atoms with Crippen LogP contribution in [0.5, 0.6) is 0 Å². The van der Waals surface area contributed by atoms with Gasteiger partial charge in [0.05, 0.1) is 11.0 Å². The van der Waals surface area contributed by atoms with Crippen LogP contribution in [0.2, 0.25) is 0 Å². The Bertz CT molecular complexity index is 612. The van der Waals surface area contributed by atoms with Gasteiger partial charge in [-0.3, -0.25) is 10.1 Å². The molecule has 2 rings (SSSR count). The van der Waals surface area contributed by atoms with Crippen molar-refractivity contribution in [1.82, 2.24) is 5.32 Å². The number of anilines is 2. The predicted molar refractivity (Wildman–Crippen MR) is 87.5 cm³/mol. The molecule has 8 nitrogen and oxygen atoms in total. The number of hydrogen-bond donors (Lipinski definition) is 2. The Labute approximate surface area is 134 Å². The molecule has 0 aliphatic carbocycles. The lowest BCUT2D eigenvalue weighted by molar-refractivity contribution is -0.383. The number of nitrogens with one attached hydrogen (secondary N) is 1. The van der Waals surface area contributed by atoms with Gasteiger partial charge in [-0.2, -0.15) is 0 Å². The highest BCUT2D eigenvalue weighted by atomic mass is 16.6. The molecule has 1 fully saturated rings. The summed E-state index contributed by atoms with van der Waals surface area (Å²) in [5.74, 6) is 0. The van der Waals surface area contributed by atoms with Gasteiger partial charge in [-0.15, -0.1) is 0 Å². The highest BCUT2D eigenvalue weighted by Crippen LogP contribution is 2.29. The fourth-order valence-corrected chi connectivity index (χ4v) is 2.49. The molecule has 0 aromatic heterocycles. The number of alkyl carbamates (subject to hydrolysis) is 1. The lowest BCUT2D eigenvalue weighted by Gasteiger charge is -2.22. The molecule has 0 spiro atoms. The SMILES string of the molecule is CC(C)(C)OC(=O)NC1CCN(c2ccc([N+](=O)[O-])c(N)c2)C1. The number of nitrogen functional groups attached to an aromatic ring is 1. The molecule has 1 heterocycles. The topological polar surface area (TPSA) is 111 Å². The second-order valence-corrected chi connectivity index (χ2v) is 6.58. The third kappa shape index (κ3) is 4.48. The van der Waals surface area contributed by atoms with E-state index in [9.17, 15) is 14.9 Å². The van der Waals surface area contributed by atoms with E-state index in [2.05, 4.69) is 5.32 Å². The van der Waals surface area contributed by atoms with E-state index in [4.69, 9.17) is 10.5 Å². The number of rotatable bonds is 3. The van der Waals surface area contributed by atoms with Crippen LogP contribution in [0.25, 0.3) is 0 Å². The van der Waals surface area contributed by atoms with E-state index in [1.54, 1.807) is 12.1 Å². The van der Waals surface area contributed by atoms with Crippen LogP contribution >= 0.6 is 0 Å². The first-order chi connectivity index (χ1) is 10.7. The number of carbonyl (C=O) groups is 1. The second-order valence-electron chi connectivity index (χ2n) is 6.58. The zero-order chi connectivity index (χ0) is 17.2. The Hall–Kier alpha value is -2.51. The smallest absolute Gasteiger partial charge is 0.407 e. The highest BCUT2D eigenvalue weighted by molar-refractivity contribution is 5.69. The molecule has 1 amide bonds. The molecule has 1 aliphatic rings. The molecule has 1 unspecified atom stereocenters. The van der Waals surface area contributed by atoms with Crippen molar-refractivity contribution < 1.29 is 14.5 Å².